The molecule has 1 saturated heterocycles. The van der Waals surface area contributed by atoms with Crippen LogP contribution in [0.4, 0.5) is 0 Å². The summed E-state index contributed by atoms with van der Waals surface area (Å²) in [5.74, 6) is 1.43. The third-order valence-electron chi connectivity index (χ3n) is 4.23. The van der Waals surface area contributed by atoms with Gasteiger partial charge in [0.05, 0.1) is 6.54 Å². The number of hydrogen-bond donors (Lipinski definition) is 0. The highest BCUT2D eigenvalue weighted by Crippen LogP contribution is 2.33. The minimum absolute atomic E-state index is 0.247. The third-order valence-corrected chi connectivity index (χ3v) is 4.23. The lowest BCUT2D eigenvalue weighted by Crippen LogP contribution is -2.45. The fourth-order valence-corrected chi connectivity index (χ4v) is 3.36. The molecule has 5 heteroatoms. The van der Waals surface area contributed by atoms with Crippen molar-refractivity contribution in [3.63, 3.8) is 0 Å². The SMILES string of the molecule is O=C1CCCC1C1CCCCN1Cc1ncon1. The van der Waals surface area contributed by atoms with E-state index >= 15 is 0 Å². The van der Waals surface area contributed by atoms with E-state index < -0.39 is 0 Å². The van der Waals surface area contributed by atoms with Crippen molar-refractivity contribution in [2.45, 2.75) is 51.1 Å². The van der Waals surface area contributed by atoms with Crippen LogP contribution >= 0.6 is 0 Å². The Bertz CT molecular complexity index is 404. The molecule has 1 aromatic heterocycles. The minimum Gasteiger partial charge on any atom is -0.343 e. The summed E-state index contributed by atoms with van der Waals surface area (Å²) in [6.07, 6.45) is 7.84. The van der Waals surface area contributed by atoms with E-state index in [0.717, 1.165) is 38.1 Å². The van der Waals surface area contributed by atoms with Crippen LogP contribution in [0.5, 0.6) is 0 Å². The average molecular weight is 249 g/mol. The first kappa shape index (κ1) is 11.8. The molecule has 5 nitrogen and oxygen atoms in total. The van der Waals surface area contributed by atoms with Gasteiger partial charge in [0.2, 0.25) is 6.39 Å². The van der Waals surface area contributed by atoms with Gasteiger partial charge in [-0.1, -0.05) is 11.6 Å². The number of nitrogens with zero attached hydrogens (tertiary/aromatic N) is 3. The van der Waals surface area contributed by atoms with Gasteiger partial charge in [0.25, 0.3) is 0 Å². The van der Waals surface area contributed by atoms with Gasteiger partial charge in [0, 0.05) is 18.4 Å². The molecule has 0 amide bonds. The lowest BCUT2D eigenvalue weighted by molar-refractivity contribution is -0.123. The van der Waals surface area contributed by atoms with E-state index in [-0.39, 0.29) is 5.92 Å². The maximum atomic E-state index is 11.9. The second-order valence-electron chi connectivity index (χ2n) is 5.35. The molecule has 1 aliphatic carbocycles. The highest BCUT2D eigenvalue weighted by Gasteiger charge is 2.36. The van der Waals surface area contributed by atoms with Gasteiger partial charge >= 0.3 is 0 Å². The van der Waals surface area contributed by atoms with Crippen molar-refractivity contribution in [2.24, 2.45) is 5.92 Å². The van der Waals surface area contributed by atoms with Gasteiger partial charge in [-0.05, 0) is 32.2 Å². The second kappa shape index (κ2) is 5.18. The molecule has 2 atom stereocenters. The molecular weight excluding hydrogens is 230 g/mol. The lowest BCUT2D eigenvalue weighted by Gasteiger charge is -2.37. The molecule has 0 aromatic carbocycles. The molecule has 1 saturated carbocycles. The van der Waals surface area contributed by atoms with E-state index in [1.165, 1.54) is 19.2 Å². The van der Waals surface area contributed by atoms with Gasteiger partial charge in [-0.15, -0.1) is 0 Å². The number of piperidine rings is 1. The zero-order valence-corrected chi connectivity index (χ0v) is 10.5. The zero-order chi connectivity index (χ0) is 12.4. The maximum absolute atomic E-state index is 11.9. The fourth-order valence-electron chi connectivity index (χ4n) is 3.36. The van der Waals surface area contributed by atoms with Crippen molar-refractivity contribution in [3.8, 4) is 0 Å². The molecule has 0 N–H and O–H groups in total. The van der Waals surface area contributed by atoms with Gasteiger partial charge in [-0.3, -0.25) is 9.69 Å². The second-order valence-corrected chi connectivity index (χ2v) is 5.35. The summed E-state index contributed by atoms with van der Waals surface area (Å²) in [7, 11) is 0. The van der Waals surface area contributed by atoms with E-state index in [9.17, 15) is 4.79 Å². The van der Waals surface area contributed by atoms with Crippen LogP contribution < -0.4 is 0 Å². The smallest absolute Gasteiger partial charge is 0.213 e. The van der Waals surface area contributed by atoms with Crippen molar-refractivity contribution in [2.75, 3.05) is 6.54 Å². The van der Waals surface area contributed by atoms with Crippen molar-refractivity contribution >= 4 is 5.78 Å². The Balaban J connectivity index is 1.71. The molecule has 3 rings (SSSR count). The van der Waals surface area contributed by atoms with Gasteiger partial charge < -0.3 is 4.52 Å². The Morgan fingerprint density at radius 3 is 3.00 bits per heavy atom. The van der Waals surface area contributed by atoms with Gasteiger partial charge in [-0.2, -0.15) is 4.98 Å². The normalized spacial score (nSPS) is 29.9. The van der Waals surface area contributed by atoms with Gasteiger partial charge in [0.15, 0.2) is 5.82 Å². The van der Waals surface area contributed by atoms with Crippen molar-refractivity contribution in [3.05, 3.63) is 12.2 Å². The van der Waals surface area contributed by atoms with E-state index in [1.807, 2.05) is 0 Å². The van der Waals surface area contributed by atoms with Crippen LogP contribution in [0.25, 0.3) is 0 Å². The predicted molar refractivity (Wildman–Crippen MR) is 64.7 cm³/mol. The Kier molecular flexibility index (Phi) is 3.41. The quantitative estimate of drug-likeness (QED) is 0.817. The number of aromatic nitrogens is 2. The number of hydrogen-bond acceptors (Lipinski definition) is 5. The molecular formula is C13H19N3O2. The van der Waals surface area contributed by atoms with Crippen molar-refractivity contribution < 1.29 is 9.32 Å². The molecule has 0 spiro atoms. The Hall–Kier alpha value is -1.23. The molecule has 0 bridgehead atoms. The number of Topliss-reactive ketones (excluding diaryl/α,β-unsaturated/α-hetero) is 1. The molecule has 98 valence electrons. The molecule has 1 aliphatic heterocycles. The molecule has 2 heterocycles. The summed E-state index contributed by atoms with van der Waals surface area (Å²) in [5.41, 5.74) is 0. The number of carbonyl (C=O) groups excluding carboxylic acids is 1. The molecule has 18 heavy (non-hydrogen) atoms. The summed E-state index contributed by atoms with van der Waals surface area (Å²) < 4.78 is 4.78. The number of ketones is 1. The van der Waals surface area contributed by atoms with Crippen molar-refractivity contribution in [1.29, 1.82) is 0 Å². The maximum Gasteiger partial charge on any atom is 0.213 e. The van der Waals surface area contributed by atoms with Crippen LogP contribution in [0.1, 0.15) is 44.3 Å². The predicted octanol–water partition coefficient (Wildman–Crippen LogP) is 1.79. The average Bonchev–Trinajstić information content (AvgIpc) is 3.02. The van der Waals surface area contributed by atoms with Gasteiger partial charge in [0.1, 0.15) is 5.78 Å². The first-order valence-corrected chi connectivity index (χ1v) is 6.86. The molecule has 2 aliphatic rings. The fraction of sp³-hybridized carbons (Fsp3) is 0.769. The highest BCUT2D eigenvalue weighted by molar-refractivity contribution is 5.83. The minimum atomic E-state index is 0.247. The summed E-state index contributed by atoms with van der Waals surface area (Å²) in [5, 5.41) is 3.88. The highest BCUT2D eigenvalue weighted by atomic mass is 16.5. The van der Waals surface area contributed by atoms with E-state index in [4.69, 9.17) is 4.52 Å². The van der Waals surface area contributed by atoms with Crippen LogP contribution in [-0.2, 0) is 11.3 Å². The Labute approximate surface area is 107 Å². The van der Waals surface area contributed by atoms with Crippen LogP contribution in [0, 0.1) is 5.92 Å². The number of likely N-dealkylation sites (tertiary alicyclic amines) is 1. The summed E-state index contributed by atoms with van der Waals surface area (Å²) >= 11 is 0. The standard InChI is InChI=1S/C13H19N3O2/c17-12-6-3-4-10(12)11-5-1-2-7-16(11)8-13-14-9-18-15-13/h9-11H,1-8H2. The van der Waals surface area contributed by atoms with Gasteiger partial charge in [-0.25, -0.2) is 0 Å². The first-order valence-electron chi connectivity index (χ1n) is 6.86. The van der Waals surface area contributed by atoms with Crippen LogP contribution in [0.3, 0.4) is 0 Å². The largest absolute Gasteiger partial charge is 0.343 e. The topological polar surface area (TPSA) is 59.2 Å². The zero-order valence-electron chi connectivity index (χ0n) is 10.5. The van der Waals surface area contributed by atoms with E-state index in [2.05, 4.69) is 15.0 Å². The molecule has 1 aromatic rings. The molecule has 2 unspecified atom stereocenters. The Morgan fingerprint density at radius 2 is 2.28 bits per heavy atom. The number of carbonyl (C=O) groups is 1. The van der Waals surface area contributed by atoms with Crippen LogP contribution in [0.15, 0.2) is 10.9 Å². The molecule has 0 radical (unpaired) electrons. The van der Waals surface area contributed by atoms with E-state index in [0.29, 0.717) is 18.4 Å². The Morgan fingerprint density at radius 1 is 1.33 bits per heavy atom. The van der Waals surface area contributed by atoms with Crippen molar-refractivity contribution in [1.82, 2.24) is 15.0 Å². The first-order chi connectivity index (χ1) is 8.84. The molecule has 2 fully saturated rings. The van der Waals surface area contributed by atoms with E-state index in [1.54, 1.807) is 0 Å². The monoisotopic (exact) mass is 249 g/mol. The summed E-state index contributed by atoms with van der Waals surface area (Å²) in [6, 6.07) is 0.396. The van der Waals surface area contributed by atoms with Crippen LogP contribution in [-0.4, -0.2) is 33.4 Å². The summed E-state index contributed by atoms with van der Waals surface area (Å²) in [4.78, 5) is 18.4. The number of rotatable bonds is 3. The summed E-state index contributed by atoms with van der Waals surface area (Å²) in [6.45, 7) is 1.76. The lowest BCUT2D eigenvalue weighted by atomic mass is 9.88. The third kappa shape index (κ3) is 2.32. The van der Waals surface area contributed by atoms with Crippen LogP contribution in [0.2, 0.25) is 0 Å².